The third-order valence-electron chi connectivity index (χ3n) is 4.79. The van der Waals surface area contributed by atoms with Gasteiger partial charge in [-0.15, -0.1) is 0 Å². The summed E-state index contributed by atoms with van der Waals surface area (Å²) < 4.78 is 6.22. The number of hydrogen-bond acceptors (Lipinski definition) is 2. The zero-order valence-electron chi connectivity index (χ0n) is 14.0. The number of nitrogens with two attached hydrogens (primary N) is 1. The van der Waals surface area contributed by atoms with E-state index in [2.05, 4.69) is 39.0 Å². The topological polar surface area (TPSA) is 35.2 Å². The number of benzene rings is 1. The highest BCUT2D eigenvalue weighted by Crippen LogP contribution is 2.34. The molecule has 1 unspecified atom stereocenters. The lowest BCUT2D eigenvalue weighted by atomic mass is 9.83. The van der Waals surface area contributed by atoms with Crippen molar-refractivity contribution in [1.82, 2.24) is 0 Å². The highest BCUT2D eigenvalue weighted by molar-refractivity contribution is 5.29. The molecule has 21 heavy (non-hydrogen) atoms. The quantitative estimate of drug-likeness (QED) is 0.820. The van der Waals surface area contributed by atoms with Gasteiger partial charge in [0.25, 0.3) is 0 Å². The Labute approximate surface area is 130 Å². The van der Waals surface area contributed by atoms with Crippen molar-refractivity contribution in [2.24, 2.45) is 5.73 Å². The zero-order chi connectivity index (χ0) is 15.3. The maximum Gasteiger partial charge on any atom is 0.0835 e. The van der Waals surface area contributed by atoms with E-state index in [0.29, 0.717) is 0 Å². The van der Waals surface area contributed by atoms with E-state index in [-0.39, 0.29) is 11.6 Å². The van der Waals surface area contributed by atoms with Crippen LogP contribution in [0.4, 0.5) is 0 Å². The van der Waals surface area contributed by atoms with Gasteiger partial charge in [-0.3, -0.25) is 0 Å². The molecule has 0 radical (unpaired) electrons. The summed E-state index contributed by atoms with van der Waals surface area (Å²) in [6.45, 7) is 7.18. The van der Waals surface area contributed by atoms with Gasteiger partial charge in [0, 0.05) is 12.6 Å². The molecule has 1 aromatic carbocycles. The molecule has 2 heteroatoms. The monoisotopic (exact) mass is 289 g/mol. The Morgan fingerprint density at radius 3 is 2.14 bits per heavy atom. The first-order valence-electron chi connectivity index (χ1n) is 8.52. The second kappa shape index (κ2) is 7.42. The van der Waals surface area contributed by atoms with Gasteiger partial charge >= 0.3 is 0 Å². The second-order valence-corrected chi connectivity index (χ2v) is 6.72. The van der Waals surface area contributed by atoms with E-state index in [9.17, 15) is 0 Å². The fourth-order valence-corrected chi connectivity index (χ4v) is 3.86. The Morgan fingerprint density at radius 1 is 1.05 bits per heavy atom. The van der Waals surface area contributed by atoms with Gasteiger partial charge in [0.05, 0.1) is 5.60 Å². The molecule has 1 fully saturated rings. The summed E-state index contributed by atoms with van der Waals surface area (Å²) in [5.41, 5.74) is 10.5. The van der Waals surface area contributed by atoms with Gasteiger partial charge in [-0.2, -0.15) is 0 Å². The smallest absolute Gasteiger partial charge is 0.0835 e. The minimum atomic E-state index is -0.108. The van der Waals surface area contributed by atoms with E-state index in [1.54, 1.807) is 0 Å². The Kier molecular flexibility index (Phi) is 5.83. The Balaban J connectivity index is 2.15. The summed E-state index contributed by atoms with van der Waals surface area (Å²) in [6.07, 6.45) is 8.30. The van der Waals surface area contributed by atoms with Crippen LogP contribution in [0.25, 0.3) is 0 Å². The summed E-state index contributed by atoms with van der Waals surface area (Å²) in [6, 6.07) is 6.85. The molecule has 0 aliphatic heterocycles. The lowest BCUT2D eigenvalue weighted by Crippen LogP contribution is -2.51. The largest absolute Gasteiger partial charge is 0.374 e. The summed E-state index contributed by atoms with van der Waals surface area (Å²) in [5, 5.41) is 0. The molecule has 1 aliphatic rings. The van der Waals surface area contributed by atoms with Crippen molar-refractivity contribution >= 4 is 0 Å². The third kappa shape index (κ3) is 4.31. The Morgan fingerprint density at radius 2 is 1.62 bits per heavy atom. The summed E-state index contributed by atoms with van der Waals surface area (Å²) in [7, 11) is 0. The van der Waals surface area contributed by atoms with Crippen LogP contribution in [-0.4, -0.2) is 18.2 Å². The van der Waals surface area contributed by atoms with Crippen molar-refractivity contribution in [2.75, 3.05) is 6.61 Å². The van der Waals surface area contributed by atoms with Crippen LogP contribution in [-0.2, 0) is 11.2 Å². The standard InChI is InChI=1S/C19H31NO/c1-4-21-19(9-7-5-6-8-10-19)18(20)14-17-12-15(2)11-16(3)13-17/h11-13,18H,4-10,14,20H2,1-3H3. The van der Waals surface area contributed by atoms with Crippen molar-refractivity contribution in [3.05, 3.63) is 34.9 Å². The number of hydrogen-bond donors (Lipinski definition) is 1. The number of rotatable bonds is 5. The van der Waals surface area contributed by atoms with Crippen molar-refractivity contribution in [3.63, 3.8) is 0 Å². The molecule has 2 N–H and O–H groups in total. The molecule has 0 aromatic heterocycles. The average molecular weight is 289 g/mol. The van der Waals surface area contributed by atoms with Gasteiger partial charge in [0.15, 0.2) is 0 Å². The van der Waals surface area contributed by atoms with Gasteiger partial charge in [0.2, 0.25) is 0 Å². The normalized spacial score (nSPS) is 20.0. The Hall–Kier alpha value is -0.860. The molecule has 0 bridgehead atoms. The fraction of sp³-hybridized carbons (Fsp3) is 0.684. The fourth-order valence-electron chi connectivity index (χ4n) is 3.86. The van der Waals surface area contributed by atoms with Gasteiger partial charge < -0.3 is 10.5 Å². The van der Waals surface area contributed by atoms with Crippen molar-refractivity contribution in [2.45, 2.75) is 77.4 Å². The van der Waals surface area contributed by atoms with Crippen LogP contribution in [0.1, 0.15) is 62.1 Å². The van der Waals surface area contributed by atoms with Crippen LogP contribution in [0, 0.1) is 13.8 Å². The van der Waals surface area contributed by atoms with Crippen LogP contribution in [0.15, 0.2) is 18.2 Å². The highest BCUT2D eigenvalue weighted by atomic mass is 16.5. The molecule has 2 nitrogen and oxygen atoms in total. The predicted molar refractivity (Wildman–Crippen MR) is 89.7 cm³/mol. The maximum atomic E-state index is 6.65. The van der Waals surface area contributed by atoms with E-state index in [1.807, 2.05) is 0 Å². The number of aryl methyl sites for hydroxylation is 2. The van der Waals surface area contributed by atoms with Crippen LogP contribution >= 0.6 is 0 Å². The highest BCUT2D eigenvalue weighted by Gasteiger charge is 2.37. The molecule has 1 aliphatic carbocycles. The molecular weight excluding hydrogens is 258 g/mol. The molecule has 1 aromatic rings. The minimum Gasteiger partial charge on any atom is -0.374 e. The molecule has 0 amide bonds. The maximum absolute atomic E-state index is 6.65. The lowest BCUT2D eigenvalue weighted by molar-refractivity contribution is -0.0683. The van der Waals surface area contributed by atoms with E-state index >= 15 is 0 Å². The molecular formula is C19H31NO. The van der Waals surface area contributed by atoms with Gasteiger partial charge in [-0.05, 0) is 45.6 Å². The molecule has 0 saturated heterocycles. The van der Waals surface area contributed by atoms with Crippen molar-refractivity contribution in [3.8, 4) is 0 Å². The summed E-state index contributed by atoms with van der Waals surface area (Å²) >= 11 is 0. The number of ether oxygens (including phenoxy) is 1. The van der Waals surface area contributed by atoms with Crippen molar-refractivity contribution < 1.29 is 4.74 Å². The molecule has 118 valence electrons. The molecule has 2 rings (SSSR count). The van der Waals surface area contributed by atoms with Crippen LogP contribution in [0.2, 0.25) is 0 Å². The molecule has 1 saturated carbocycles. The molecule has 0 spiro atoms. The Bertz CT molecular complexity index is 427. The van der Waals surface area contributed by atoms with E-state index in [0.717, 1.165) is 25.9 Å². The molecule has 1 atom stereocenters. The zero-order valence-corrected chi connectivity index (χ0v) is 14.0. The second-order valence-electron chi connectivity index (χ2n) is 6.72. The van der Waals surface area contributed by atoms with E-state index in [1.165, 1.54) is 42.4 Å². The lowest BCUT2D eigenvalue weighted by Gasteiger charge is -2.38. The first-order valence-corrected chi connectivity index (χ1v) is 8.52. The SMILES string of the molecule is CCOC1(C(N)Cc2cc(C)cc(C)c2)CCCCCC1. The predicted octanol–water partition coefficient (Wildman–Crippen LogP) is 4.30. The van der Waals surface area contributed by atoms with Crippen LogP contribution < -0.4 is 5.73 Å². The van der Waals surface area contributed by atoms with Crippen molar-refractivity contribution in [1.29, 1.82) is 0 Å². The first kappa shape index (κ1) is 16.5. The summed E-state index contributed by atoms with van der Waals surface area (Å²) in [5.74, 6) is 0. The van der Waals surface area contributed by atoms with Crippen LogP contribution in [0.5, 0.6) is 0 Å². The van der Waals surface area contributed by atoms with Gasteiger partial charge in [-0.25, -0.2) is 0 Å². The minimum absolute atomic E-state index is 0.0942. The first-order chi connectivity index (χ1) is 10.1. The average Bonchev–Trinajstić information content (AvgIpc) is 2.64. The van der Waals surface area contributed by atoms with Gasteiger partial charge in [0.1, 0.15) is 0 Å². The molecule has 0 heterocycles. The van der Waals surface area contributed by atoms with E-state index in [4.69, 9.17) is 10.5 Å². The third-order valence-corrected chi connectivity index (χ3v) is 4.79. The van der Waals surface area contributed by atoms with Crippen LogP contribution in [0.3, 0.4) is 0 Å². The van der Waals surface area contributed by atoms with Gasteiger partial charge in [-0.1, -0.05) is 55.0 Å². The summed E-state index contributed by atoms with van der Waals surface area (Å²) in [4.78, 5) is 0. The van der Waals surface area contributed by atoms with E-state index < -0.39 is 0 Å².